The summed E-state index contributed by atoms with van der Waals surface area (Å²) >= 11 is 0. The lowest BCUT2D eigenvalue weighted by molar-refractivity contribution is -0.133. The fourth-order valence-corrected chi connectivity index (χ4v) is 4.00. The van der Waals surface area contributed by atoms with Crippen LogP contribution in [0.5, 0.6) is 5.75 Å². The van der Waals surface area contributed by atoms with Gasteiger partial charge in [-0.25, -0.2) is 9.69 Å². The van der Waals surface area contributed by atoms with Crippen LogP contribution in [0.3, 0.4) is 0 Å². The Morgan fingerprint density at radius 3 is 2.38 bits per heavy atom. The van der Waals surface area contributed by atoms with Gasteiger partial charge < -0.3 is 10.1 Å². The Morgan fingerprint density at radius 1 is 1.10 bits per heavy atom. The number of nitrogens with one attached hydrogen (secondary N) is 1. The molecular formula is C23H27N3O3. The van der Waals surface area contributed by atoms with E-state index < -0.39 is 5.54 Å². The number of carbonyl (C=O) groups excluding carboxylic acids is 2. The molecule has 152 valence electrons. The topological polar surface area (TPSA) is 61.9 Å². The van der Waals surface area contributed by atoms with E-state index in [4.69, 9.17) is 4.74 Å². The first-order chi connectivity index (χ1) is 14.1. The highest BCUT2D eigenvalue weighted by Crippen LogP contribution is 2.34. The second kappa shape index (κ2) is 7.87. The number of urea groups is 1. The van der Waals surface area contributed by atoms with Gasteiger partial charge in [0, 0.05) is 12.6 Å². The van der Waals surface area contributed by atoms with E-state index >= 15 is 0 Å². The highest BCUT2D eigenvalue weighted by atomic mass is 16.5. The molecule has 0 spiro atoms. The minimum atomic E-state index is -0.978. The predicted octanol–water partition coefficient (Wildman–Crippen LogP) is 3.47. The SMILES string of the molecule is CC[C@@]1(c2ccccc2)NC(=O)N(CN(Cc2ccc(OC)cc2)C2CC2)C1=O. The van der Waals surface area contributed by atoms with Gasteiger partial charge in [-0.2, -0.15) is 0 Å². The van der Waals surface area contributed by atoms with Gasteiger partial charge >= 0.3 is 6.03 Å². The van der Waals surface area contributed by atoms with E-state index in [1.807, 2.05) is 61.5 Å². The summed E-state index contributed by atoms with van der Waals surface area (Å²) in [5.41, 5.74) is 0.985. The van der Waals surface area contributed by atoms with Crippen molar-refractivity contribution in [3.05, 3.63) is 65.7 Å². The molecule has 0 radical (unpaired) electrons. The average molecular weight is 393 g/mol. The molecule has 0 bridgehead atoms. The van der Waals surface area contributed by atoms with E-state index in [1.54, 1.807) is 7.11 Å². The number of hydrogen-bond donors (Lipinski definition) is 1. The van der Waals surface area contributed by atoms with Crippen LogP contribution in [0, 0.1) is 0 Å². The van der Waals surface area contributed by atoms with Crippen LogP contribution in [-0.2, 0) is 16.9 Å². The maximum Gasteiger partial charge on any atom is 0.326 e. The summed E-state index contributed by atoms with van der Waals surface area (Å²) in [7, 11) is 1.65. The van der Waals surface area contributed by atoms with E-state index in [9.17, 15) is 9.59 Å². The summed E-state index contributed by atoms with van der Waals surface area (Å²) in [6, 6.07) is 17.5. The van der Waals surface area contributed by atoms with Crippen LogP contribution in [-0.4, -0.2) is 41.6 Å². The fourth-order valence-electron chi connectivity index (χ4n) is 4.00. The molecular weight excluding hydrogens is 366 g/mol. The average Bonchev–Trinajstić information content (AvgIpc) is 3.57. The van der Waals surface area contributed by atoms with E-state index in [0.717, 1.165) is 29.7 Å². The van der Waals surface area contributed by atoms with Crippen molar-refractivity contribution in [2.75, 3.05) is 13.8 Å². The van der Waals surface area contributed by atoms with Crippen molar-refractivity contribution < 1.29 is 14.3 Å². The molecule has 1 saturated heterocycles. The maximum atomic E-state index is 13.4. The monoisotopic (exact) mass is 393 g/mol. The number of imide groups is 1. The Bertz CT molecular complexity index is 880. The number of amides is 3. The third-order valence-corrected chi connectivity index (χ3v) is 5.90. The Balaban J connectivity index is 1.53. The summed E-state index contributed by atoms with van der Waals surface area (Å²) in [6.45, 7) is 2.93. The van der Waals surface area contributed by atoms with Crippen molar-refractivity contribution in [3.63, 3.8) is 0 Å². The van der Waals surface area contributed by atoms with Crippen LogP contribution >= 0.6 is 0 Å². The molecule has 2 aromatic rings. The van der Waals surface area contributed by atoms with Crippen LogP contribution in [0.4, 0.5) is 4.79 Å². The van der Waals surface area contributed by atoms with E-state index in [1.165, 1.54) is 4.90 Å². The van der Waals surface area contributed by atoms with Crippen molar-refractivity contribution in [2.24, 2.45) is 0 Å². The number of rotatable bonds is 8. The third kappa shape index (κ3) is 3.72. The number of ether oxygens (including phenoxy) is 1. The lowest BCUT2D eigenvalue weighted by atomic mass is 9.87. The second-order valence-electron chi connectivity index (χ2n) is 7.76. The van der Waals surface area contributed by atoms with Gasteiger partial charge in [-0.3, -0.25) is 9.69 Å². The summed E-state index contributed by atoms with van der Waals surface area (Å²) < 4.78 is 5.23. The fraction of sp³-hybridized carbons (Fsp3) is 0.391. The van der Waals surface area contributed by atoms with Gasteiger partial charge in [-0.15, -0.1) is 0 Å². The number of nitrogens with zero attached hydrogens (tertiary/aromatic N) is 2. The van der Waals surface area contributed by atoms with Gasteiger partial charge in [0.15, 0.2) is 0 Å². The normalized spacial score (nSPS) is 21.6. The highest BCUT2D eigenvalue weighted by molar-refractivity contribution is 6.07. The standard InChI is InChI=1S/C23H27N3O3/c1-3-23(18-7-5-4-6-8-18)21(27)26(22(28)24-23)16-25(19-11-12-19)15-17-9-13-20(29-2)14-10-17/h4-10,13-14,19H,3,11-12,15-16H2,1-2H3,(H,24,28)/t23-/m0/s1. The Morgan fingerprint density at radius 2 is 1.79 bits per heavy atom. The molecule has 1 heterocycles. The largest absolute Gasteiger partial charge is 0.497 e. The van der Waals surface area contributed by atoms with Crippen LogP contribution in [0.2, 0.25) is 0 Å². The van der Waals surface area contributed by atoms with Gasteiger partial charge in [0.1, 0.15) is 11.3 Å². The van der Waals surface area contributed by atoms with Gasteiger partial charge in [-0.05, 0) is 42.5 Å². The molecule has 2 aliphatic rings. The number of benzene rings is 2. The van der Waals surface area contributed by atoms with Crippen molar-refractivity contribution in [3.8, 4) is 5.75 Å². The first kappa shape index (κ1) is 19.5. The predicted molar refractivity (Wildman–Crippen MR) is 110 cm³/mol. The zero-order chi connectivity index (χ0) is 20.4. The molecule has 1 atom stereocenters. The quantitative estimate of drug-likeness (QED) is 0.698. The van der Waals surface area contributed by atoms with Gasteiger partial charge in [-0.1, -0.05) is 49.4 Å². The molecule has 1 aliphatic carbocycles. The first-order valence-electron chi connectivity index (χ1n) is 10.1. The van der Waals surface area contributed by atoms with Crippen molar-refractivity contribution in [2.45, 2.75) is 44.3 Å². The summed E-state index contributed by atoms with van der Waals surface area (Å²) in [4.78, 5) is 29.8. The molecule has 29 heavy (non-hydrogen) atoms. The second-order valence-corrected chi connectivity index (χ2v) is 7.76. The minimum absolute atomic E-state index is 0.170. The summed E-state index contributed by atoms with van der Waals surface area (Å²) in [6.07, 6.45) is 2.70. The Labute approximate surface area is 171 Å². The van der Waals surface area contributed by atoms with Crippen LogP contribution < -0.4 is 10.1 Å². The molecule has 2 aromatic carbocycles. The molecule has 4 rings (SSSR count). The number of hydrogen-bond acceptors (Lipinski definition) is 4. The van der Waals surface area contributed by atoms with E-state index in [0.29, 0.717) is 25.7 Å². The summed E-state index contributed by atoms with van der Waals surface area (Å²) in [5.74, 6) is 0.646. The Kier molecular flexibility index (Phi) is 5.28. The molecule has 1 aliphatic heterocycles. The molecule has 6 nitrogen and oxygen atoms in total. The highest BCUT2D eigenvalue weighted by Gasteiger charge is 2.52. The summed E-state index contributed by atoms with van der Waals surface area (Å²) in [5, 5.41) is 2.97. The minimum Gasteiger partial charge on any atom is -0.497 e. The first-order valence-corrected chi connectivity index (χ1v) is 10.1. The van der Waals surface area contributed by atoms with E-state index in [2.05, 4.69) is 10.2 Å². The molecule has 2 fully saturated rings. The lowest BCUT2D eigenvalue weighted by Crippen LogP contribution is -2.45. The smallest absolute Gasteiger partial charge is 0.326 e. The lowest BCUT2D eigenvalue weighted by Gasteiger charge is -2.28. The zero-order valence-corrected chi connectivity index (χ0v) is 16.9. The van der Waals surface area contributed by atoms with Crippen molar-refractivity contribution in [1.82, 2.24) is 15.1 Å². The molecule has 0 unspecified atom stereocenters. The van der Waals surface area contributed by atoms with Crippen molar-refractivity contribution in [1.29, 1.82) is 0 Å². The third-order valence-electron chi connectivity index (χ3n) is 5.90. The van der Waals surface area contributed by atoms with Gasteiger partial charge in [0.05, 0.1) is 13.8 Å². The van der Waals surface area contributed by atoms with Gasteiger partial charge in [0.25, 0.3) is 5.91 Å². The van der Waals surface area contributed by atoms with Crippen LogP contribution in [0.1, 0.15) is 37.3 Å². The number of methoxy groups -OCH3 is 1. The van der Waals surface area contributed by atoms with Crippen LogP contribution in [0.25, 0.3) is 0 Å². The Hall–Kier alpha value is -2.86. The molecule has 3 amide bonds. The maximum absolute atomic E-state index is 13.4. The van der Waals surface area contributed by atoms with E-state index in [-0.39, 0.29) is 11.9 Å². The van der Waals surface area contributed by atoms with Crippen molar-refractivity contribution >= 4 is 11.9 Å². The van der Waals surface area contributed by atoms with Crippen LogP contribution in [0.15, 0.2) is 54.6 Å². The molecule has 0 aromatic heterocycles. The van der Waals surface area contributed by atoms with Gasteiger partial charge in [0.2, 0.25) is 0 Å². The molecule has 1 N–H and O–H groups in total. The molecule has 6 heteroatoms. The number of carbonyl (C=O) groups is 2. The molecule has 1 saturated carbocycles. The zero-order valence-electron chi connectivity index (χ0n) is 16.9.